The summed E-state index contributed by atoms with van der Waals surface area (Å²) in [5.41, 5.74) is 0.369. The van der Waals surface area contributed by atoms with Crippen LogP contribution in [0.25, 0.3) is 0 Å². The highest BCUT2D eigenvalue weighted by atomic mass is 32.2. The molecule has 4 rings (SSSR count). The first kappa shape index (κ1) is 29.7. The van der Waals surface area contributed by atoms with E-state index in [1.165, 1.54) is 22.7 Å². The lowest BCUT2D eigenvalue weighted by Crippen LogP contribution is -2.50. The molecule has 1 unspecified atom stereocenters. The number of amides is 2. The first-order valence-corrected chi connectivity index (χ1v) is 15.2. The summed E-state index contributed by atoms with van der Waals surface area (Å²) in [6.45, 7) is 3.97. The van der Waals surface area contributed by atoms with E-state index in [2.05, 4.69) is 5.32 Å². The second kappa shape index (κ2) is 13.4. The number of hydrogen-bond acceptors (Lipinski definition) is 7. The number of carbonyl (C=O) groups is 2. The van der Waals surface area contributed by atoms with Crippen LogP contribution in [-0.4, -0.2) is 114 Å². The number of nitrogens with one attached hydrogen (secondary N) is 1. The third-order valence-corrected chi connectivity index (χ3v) is 9.85. The molecule has 12 heteroatoms. The fourth-order valence-corrected chi connectivity index (χ4v) is 6.58. The maximum atomic E-state index is 13.5. The number of rotatable bonds is 3. The summed E-state index contributed by atoms with van der Waals surface area (Å²) in [6.07, 6.45) is 4.38. The Labute approximate surface area is 231 Å². The lowest BCUT2D eigenvalue weighted by molar-refractivity contribution is -0.140. The normalized spacial score (nSPS) is 24.2. The number of hydrogen-bond donors (Lipinski definition) is 1. The van der Waals surface area contributed by atoms with Crippen LogP contribution in [0.5, 0.6) is 5.75 Å². The van der Waals surface area contributed by atoms with Gasteiger partial charge in [0, 0.05) is 58.8 Å². The Hall–Kier alpha value is -2.25. The van der Waals surface area contributed by atoms with Gasteiger partial charge in [0.2, 0.25) is 5.91 Å². The molecule has 11 nitrogen and oxygen atoms in total. The minimum Gasteiger partial charge on any atom is -0.492 e. The monoisotopic (exact) mass is 566 g/mol. The van der Waals surface area contributed by atoms with Crippen LogP contribution in [0.4, 0.5) is 0 Å². The van der Waals surface area contributed by atoms with Crippen LogP contribution in [0.3, 0.4) is 0 Å². The van der Waals surface area contributed by atoms with Crippen molar-refractivity contribution in [2.45, 2.75) is 32.1 Å². The Bertz CT molecular complexity index is 1090. The summed E-state index contributed by atoms with van der Waals surface area (Å²) >= 11 is 0. The second-order valence-corrected chi connectivity index (χ2v) is 13.0. The Kier molecular flexibility index (Phi) is 10.2. The first-order chi connectivity index (χ1) is 18.7. The molecular formula is C27H42N4O7S. The van der Waals surface area contributed by atoms with E-state index in [9.17, 15) is 18.0 Å². The van der Waals surface area contributed by atoms with Gasteiger partial charge in [-0.2, -0.15) is 17.0 Å². The zero-order valence-electron chi connectivity index (χ0n) is 23.1. The Balaban J connectivity index is 1.43. The number of fused-ring (bicyclic) bond motifs is 1. The lowest BCUT2D eigenvalue weighted by Gasteiger charge is -2.43. The topological polar surface area (TPSA) is 118 Å². The van der Waals surface area contributed by atoms with Crippen molar-refractivity contribution in [3.63, 3.8) is 0 Å². The Morgan fingerprint density at radius 1 is 1.03 bits per heavy atom. The van der Waals surface area contributed by atoms with Crippen LogP contribution in [0.15, 0.2) is 24.3 Å². The van der Waals surface area contributed by atoms with E-state index >= 15 is 0 Å². The molecule has 218 valence electrons. The number of benzene rings is 1. The molecular weight excluding hydrogens is 524 g/mol. The molecule has 1 N–H and O–H groups in total. The SMILES string of the molecule is CN(C)S(=O)(=O)N1CCOCC(C(=O)N2CCC3(CCCCOCCNC(=O)c4ccccc4OC3)CC2)C1. The van der Waals surface area contributed by atoms with Gasteiger partial charge >= 0.3 is 0 Å². The molecule has 3 aliphatic heterocycles. The van der Waals surface area contributed by atoms with Crippen molar-refractivity contribution >= 4 is 22.0 Å². The Morgan fingerprint density at radius 3 is 2.56 bits per heavy atom. The highest BCUT2D eigenvalue weighted by molar-refractivity contribution is 7.86. The van der Waals surface area contributed by atoms with Crippen LogP contribution < -0.4 is 10.1 Å². The standard InChI is InChI=1S/C27H42N4O7S/c1-29(2)39(34,35)31-15-18-37-20-22(19-31)26(33)30-13-10-27(11-14-30)9-5-6-16-36-17-12-28-25(32)23-7-3-4-8-24(23)38-21-27/h3-4,7-8,22H,5-6,9-21H2,1-2H3,(H,28,32). The molecule has 2 amide bonds. The Morgan fingerprint density at radius 2 is 1.79 bits per heavy atom. The van der Waals surface area contributed by atoms with Crippen molar-refractivity contribution in [2.75, 3.05) is 79.9 Å². The molecule has 3 aliphatic rings. The van der Waals surface area contributed by atoms with Gasteiger partial charge in [-0.05, 0) is 37.8 Å². The minimum atomic E-state index is -3.63. The number of carbonyl (C=O) groups excluding carboxylic acids is 2. The summed E-state index contributed by atoms with van der Waals surface area (Å²) in [5.74, 6) is -0.234. The fraction of sp³-hybridized carbons (Fsp3) is 0.704. The van der Waals surface area contributed by atoms with Gasteiger partial charge in [-0.25, -0.2) is 0 Å². The van der Waals surface area contributed by atoms with Crippen molar-refractivity contribution < 1.29 is 32.2 Å². The van der Waals surface area contributed by atoms with E-state index in [4.69, 9.17) is 14.2 Å². The highest BCUT2D eigenvalue weighted by Gasteiger charge is 2.40. The number of para-hydroxylation sites is 1. The zero-order valence-corrected chi connectivity index (χ0v) is 23.9. The molecule has 0 saturated carbocycles. The van der Waals surface area contributed by atoms with Gasteiger partial charge in [0.15, 0.2) is 0 Å². The van der Waals surface area contributed by atoms with Crippen LogP contribution in [0.2, 0.25) is 0 Å². The molecule has 1 aromatic carbocycles. The summed E-state index contributed by atoms with van der Waals surface area (Å²) in [4.78, 5) is 28.1. The molecule has 0 radical (unpaired) electrons. The third-order valence-electron chi connectivity index (χ3n) is 7.94. The van der Waals surface area contributed by atoms with Crippen LogP contribution in [0, 0.1) is 11.3 Å². The van der Waals surface area contributed by atoms with E-state index < -0.39 is 16.1 Å². The molecule has 39 heavy (non-hydrogen) atoms. The van der Waals surface area contributed by atoms with Crippen molar-refractivity contribution in [1.82, 2.24) is 18.8 Å². The molecule has 2 saturated heterocycles. The molecule has 0 aromatic heterocycles. The number of piperidine rings is 1. The smallest absolute Gasteiger partial charge is 0.281 e. The van der Waals surface area contributed by atoms with Gasteiger partial charge in [-0.3, -0.25) is 9.59 Å². The predicted octanol–water partition coefficient (Wildman–Crippen LogP) is 1.36. The predicted molar refractivity (Wildman–Crippen MR) is 146 cm³/mol. The maximum absolute atomic E-state index is 13.5. The van der Waals surface area contributed by atoms with Crippen molar-refractivity contribution in [2.24, 2.45) is 11.3 Å². The van der Waals surface area contributed by atoms with Gasteiger partial charge in [0.05, 0.1) is 37.9 Å². The van der Waals surface area contributed by atoms with Gasteiger partial charge < -0.3 is 24.4 Å². The molecule has 0 aliphatic carbocycles. The summed E-state index contributed by atoms with van der Waals surface area (Å²) in [7, 11) is -0.648. The molecule has 0 bridgehead atoms. The molecule has 1 spiro atoms. The first-order valence-electron chi connectivity index (χ1n) is 13.8. The van der Waals surface area contributed by atoms with E-state index in [0.29, 0.717) is 50.8 Å². The average Bonchev–Trinajstić information content (AvgIpc) is 3.20. The second-order valence-electron chi connectivity index (χ2n) is 10.9. The number of likely N-dealkylation sites (tertiary alicyclic amines) is 1. The number of nitrogens with zero attached hydrogens (tertiary/aromatic N) is 3. The summed E-state index contributed by atoms with van der Waals surface area (Å²) < 4.78 is 45.6. The highest BCUT2D eigenvalue weighted by Crippen LogP contribution is 2.38. The van der Waals surface area contributed by atoms with Gasteiger partial charge in [0.1, 0.15) is 5.75 Å². The third kappa shape index (κ3) is 7.49. The van der Waals surface area contributed by atoms with Gasteiger partial charge in [-0.1, -0.05) is 18.6 Å². The van der Waals surface area contributed by atoms with Gasteiger partial charge in [0.25, 0.3) is 16.1 Å². The van der Waals surface area contributed by atoms with E-state index in [-0.39, 0.29) is 43.5 Å². The average molecular weight is 567 g/mol. The van der Waals surface area contributed by atoms with Crippen molar-refractivity contribution in [1.29, 1.82) is 0 Å². The summed E-state index contributed by atoms with van der Waals surface area (Å²) in [6, 6.07) is 7.27. The number of ether oxygens (including phenoxy) is 3. The largest absolute Gasteiger partial charge is 0.492 e. The van der Waals surface area contributed by atoms with Crippen molar-refractivity contribution in [3.8, 4) is 5.75 Å². The molecule has 3 heterocycles. The fourth-order valence-electron chi connectivity index (χ4n) is 5.45. The minimum absolute atomic E-state index is 0.0667. The van der Waals surface area contributed by atoms with Crippen LogP contribution >= 0.6 is 0 Å². The van der Waals surface area contributed by atoms with E-state index in [0.717, 1.165) is 32.1 Å². The maximum Gasteiger partial charge on any atom is 0.281 e. The zero-order chi connectivity index (χ0) is 27.9. The molecule has 1 atom stereocenters. The quantitative estimate of drug-likeness (QED) is 0.587. The summed E-state index contributed by atoms with van der Waals surface area (Å²) in [5, 5.41) is 2.89. The molecule has 2 fully saturated rings. The van der Waals surface area contributed by atoms with Crippen LogP contribution in [0.1, 0.15) is 42.5 Å². The van der Waals surface area contributed by atoms with Crippen LogP contribution in [-0.2, 0) is 24.5 Å². The van der Waals surface area contributed by atoms with E-state index in [1.54, 1.807) is 6.07 Å². The van der Waals surface area contributed by atoms with Crippen molar-refractivity contribution in [3.05, 3.63) is 29.8 Å². The van der Waals surface area contributed by atoms with E-state index in [1.807, 2.05) is 23.1 Å². The van der Waals surface area contributed by atoms with Gasteiger partial charge in [-0.15, -0.1) is 0 Å². The molecule has 1 aromatic rings. The lowest BCUT2D eigenvalue weighted by atomic mass is 9.75.